The topological polar surface area (TPSA) is 75.5 Å². The Balaban J connectivity index is 1.24. The SMILES string of the molecule is Cc1nn(-c2ccccc2)c2nc(N3CCC[C@H](C(=O)NCCN4CCOCC4)C3)sc12. The number of hydrogen-bond donors (Lipinski definition) is 1. The molecule has 1 atom stereocenters. The minimum absolute atomic E-state index is 0.00664. The van der Waals surface area contributed by atoms with E-state index in [4.69, 9.17) is 14.8 Å². The van der Waals surface area contributed by atoms with Crippen LogP contribution in [0.3, 0.4) is 0 Å². The van der Waals surface area contributed by atoms with Gasteiger partial charge in [0.1, 0.15) is 0 Å². The number of carbonyl (C=O) groups excluding carboxylic acids is 1. The molecule has 0 saturated carbocycles. The van der Waals surface area contributed by atoms with Gasteiger partial charge in [0.05, 0.1) is 35.2 Å². The fourth-order valence-corrected chi connectivity index (χ4v) is 5.50. The molecule has 32 heavy (non-hydrogen) atoms. The van der Waals surface area contributed by atoms with Gasteiger partial charge < -0.3 is 15.0 Å². The molecular weight excluding hydrogens is 424 g/mol. The van der Waals surface area contributed by atoms with Gasteiger partial charge in [-0.15, -0.1) is 0 Å². The van der Waals surface area contributed by atoms with Gasteiger partial charge in [-0.1, -0.05) is 29.5 Å². The number of para-hydroxylation sites is 1. The third-order valence-corrected chi connectivity index (χ3v) is 7.49. The lowest BCUT2D eigenvalue weighted by atomic mass is 9.97. The van der Waals surface area contributed by atoms with E-state index in [9.17, 15) is 4.79 Å². The molecule has 1 amide bonds. The summed E-state index contributed by atoms with van der Waals surface area (Å²) in [5.74, 6) is 0.169. The van der Waals surface area contributed by atoms with Gasteiger partial charge >= 0.3 is 0 Å². The van der Waals surface area contributed by atoms with Crippen LogP contribution < -0.4 is 10.2 Å². The molecule has 5 rings (SSSR count). The highest BCUT2D eigenvalue weighted by Gasteiger charge is 2.28. The zero-order valence-corrected chi connectivity index (χ0v) is 19.3. The van der Waals surface area contributed by atoms with Crippen molar-refractivity contribution in [1.29, 1.82) is 0 Å². The lowest BCUT2D eigenvalue weighted by Gasteiger charge is -2.32. The molecule has 4 heterocycles. The van der Waals surface area contributed by atoms with E-state index in [0.29, 0.717) is 6.54 Å². The monoisotopic (exact) mass is 454 g/mol. The van der Waals surface area contributed by atoms with Crippen LogP contribution in [0.2, 0.25) is 0 Å². The standard InChI is InChI=1S/C23H30N6O2S/c1-17-20-21(29(26-17)19-7-3-2-4-8-19)25-23(32-20)28-10-5-6-18(16-28)22(30)24-9-11-27-12-14-31-15-13-27/h2-4,7-8,18H,5-6,9-16H2,1H3,(H,24,30)/t18-/m0/s1. The van der Waals surface area contributed by atoms with Crippen LogP contribution in [0, 0.1) is 12.8 Å². The first-order valence-electron chi connectivity index (χ1n) is 11.4. The number of anilines is 1. The second-order valence-corrected chi connectivity index (χ2v) is 9.49. The Morgan fingerprint density at radius 3 is 2.84 bits per heavy atom. The number of rotatable bonds is 6. The van der Waals surface area contributed by atoms with Crippen LogP contribution in [0.4, 0.5) is 5.13 Å². The number of thiazole rings is 1. The summed E-state index contributed by atoms with van der Waals surface area (Å²) in [4.78, 5) is 22.4. The van der Waals surface area contributed by atoms with Crippen molar-refractivity contribution < 1.29 is 9.53 Å². The molecule has 1 aromatic carbocycles. The summed E-state index contributed by atoms with van der Waals surface area (Å²) in [5.41, 5.74) is 2.89. The van der Waals surface area contributed by atoms with Crippen LogP contribution in [0.25, 0.3) is 16.0 Å². The molecule has 2 fully saturated rings. The minimum Gasteiger partial charge on any atom is -0.379 e. The molecule has 2 aromatic heterocycles. The molecular formula is C23H30N6O2S. The van der Waals surface area contributed by atoms with Crippen LogP contribution in [0.15, 0.2) is 30.3 Å². The van der Waals surface area contributed by atoms with Crippen molar-refractivity contribution in [3.05, 3.63) is 36.0 Å². The molecule has 2 aliphatic heterocycles. The van der Waals surface area contributed by atoms with Crippen molar-refractivity contribution in [2.45, 2.75) is 19.8 Å². The molecule has 9 heteroatoms. The summed E-state index contributed by atoms with van der Waals surface area (Å²) in [6, 6.07) is 10.1. The van der Waals surface area contributed by atoms with Crippen LogP contribution in [0.1, 0.15) is 18.5 Å². The number of hydrogen-bond acceptors (Lipinski definition) is 7. The number of piperidine rings is 1. The summed E-state index contributed by atoms with van der Waals surface area (Å²) >= 11 is 1.68. The van der Waals surface area contributed by atoms with Gasteiger partial charge in [-0.2, -0.15) is 10.1 Å². The maximum atomic E-state index is 12.8. The van der Waals surface area contributed by atoms with E-state index >= 15 is 0 Å². The molecule has 0 spiro atoms. The number of morpholine rings is 1. The number of benzene rings is 1. The molecule has 0 bridgehead atoms. The molecule has 2 saturated heterocycles. The van der Waals surface area contributed by atoms with Crippen molar-refractivity contribution in [1.82, 2.24) is 25.0 Å². The highest BCUT2D eigenvalue weighted by atomic mass is 32.1. The quantitative estimate of drug-likeness (QED) is 0.617. The Hall–Kier alpha value is -2.49. The number of nitrogens with one attached hydrogen (secondary N) is 1. The molecule has 3 aromatic rings. The van der Waals surface area contributed by atoms with Gasteiger partial charge in [0, 0.05) is 39.3 Å². The van der Waals surface area contributed by atoms with Gasteiger partial charge in [0.15, 0.2) is 10.8 Å². The molecule has 0 aliphatic carbocycles. The average Bonchev–Trinajstić information content (AvgIpc) is 3.41. The molecule has 0 radical (unpaired) electrons. The van der Waals surface area contributed by atoms with Crippen molar-refractivity contribution in [3.8, 4) is 5.69 Å². The van der Waals surface area contributed by atoms with Gasteiger partial charge in [0.2, 0.25) is 5.91 Å². The zero-order chi connectivity index (χ0) is 21.9. The van der Waals surface area contributed by atoms with Crippen LogP contribution in [0.5, 0.6) is 0 Å². The smallest absolute Gasteiger partial charge is 0.224 e. The average molecular weight is 455 g/mol. The molecule has 1 N–H and O–H groups in total. The Bertz CT molecular complexity index is 1060. The fraction of sp³-hybridized carbons (Fsp3) is 0.522. The number of carbonyl (C=O) groups is 1. The lowest BCUT2D eigenvalue weighted by Crippen LogP contribution is -2.46. The van der Waals surface area contributed by atoms with E-state index < -0.39 is 0 Å². The van der Waals surface area contributed by atoms with Crippen LogP contribution in [-0.4, -0.2) is 78.1 Å². The number of nitrogens with zero attached hydrogens (tertiary/aromatic N) is 5. The van der Waals surface area contributed by atoms with Gasteiger partial charge in [-0.3, -0.25) is 9.69 Å². The molecule has 8 nitrogen and oxygen atoms in total. The first-order chi connectivity index (χ1) is 15.7. The summed E-state index contributed by atoms with van der Waals surface area (Å²) in [7, 11) is 0. The summed E-state index contributed by atoms with van der Waals surface area (Å²) in [5, 5.41) is 8.83. The third kappa shape index (κ3) is 4.51. The van der Waals surface area contributed by atoms with E-state index in [1.165, 1.54) is 0 Å². The predicted molar refractivity (Wildman–Crippen MR) is 127 cm³/mol. The lowest BCUT2D eigenvalue weighted by molar-refractivity contribution is -0.125. The number of amides is 1. The van der Waals surface area contributed by atoms with Crippen LogP contribution in [-0.2, 0) is 9.53 Å². The molecule has 0 unspecified atom stereocenters. The van der Waals surface area contributed by atoms with Crippen molar-refractivity contribution >= 4 is 32.7 Å². The first-order valence-corrected chi connectivity index (χ1v) is 12.2. The van der Waals surface area contributed by atoms with E-state index in [0.717, 1.165) is 85.6 Å². The largest absolute Gasteiger partial charge is 0.379 e. The highest BCUT2D eigenvalue weighted by molar-refractivity contribution is 7.22. The second-order valence-electron chi connectivity index (χ2n) is 8.51. The highest BCUT2D eigenvalue weighted by Crippen LogP contribution is 2.34. The first kappa shape index (κ1) is 21.4. The Kier molecular flexibility index (Phi) is 6.38. The van der Waals surface area contributed by atoms with E-state index in [2.05, 4.69) is 15.1 Å². The second kappa shape index (κ2) is 9.56. The van der Waals surface area contributed by atoms with Crippen LogP contribution >= 0.6 is 11.3 Å². The van der Waals surface area contributed by atoms with Gasteiger partial charge in [-0.05, 0) is 31.9 Å². The van der Waals surface area contributed by atoms with E-state index in [-0.39, 0.29) is 11.8 Å². The van der Waals surface area contributed by atoms with E-state index in [1.807, 2.05) is 41.9 Å². The summed E-state index contributed by atoms with van der Waals surface area (Å²) < 4.78 is 8.42. The van der Waals surface area contributed by atoms with E-state index in [1.54, 1.807) is 11.3 Å². The number of aryl methyl sites for hydroxylation is 1. The Morgan fingerprint density at radius 2 is 2.03 bits per heavy atom. The predicted octanol–water partition coefficient (Wildman–Crippen LogP) is 2.46. The minimum atomic E-state index is 0.00664. The zero-order valence-electron chi connectivity index (χ0n) is 18.5. The Labute approximate surface area is 192 Å². The third-order valence-electron chi connectivity index (χ3n) is 6.27. The number of ether oxygens (including phenoxy) is 1. The maximum absolute atomic E-state index is 12.8. The molecule has 2 aliphatic rings. The number of aromatic nitrogens is 3. The molecule has 170 valence electrons. The number of fused-ring (bicyclic) bond motifs is 1. The maximum Gasteiger partial charge on any atom is 0.224 e. The normalized spacial score (nSPS) is 20.0. The fourth-order valence-electron chi connectivity index (χ4n) is 4.48. The summed E-state index contributed by atoms with van der Waals surface area (Å²) in [6.45, 7) is 8.74. The summed E-state index contributed by atoms with van der Waals surface area (Å²) in [6.07, 6.45) is 1.93. The van der Waals surface area contributed by atoms with Gasteiger partial charge in [-0.25, -0.2) is 4.68 Å². The van der Waals surface area contributed by atoms with Gasteiger partial charge in [0.25, 0.3) is 0 Å². The van der Waals surface area contributed by atoms with Crippen molar-refractivity contribution in [2.24, 2.45) is 5.92 Å². The Morgan fingerprint density at radius 1 is 1.22 bits per heavy atom. The van der Waals surface area contributed by atoms with Crippen molar-refractivity contribution in [3.63, 3.8) is 0 Å². The van der Waals surface area contributed by atoms with Crippen molar-refractivity contribution in [2.75, 3.05) is 57.4 Å².